The number of carbonyl (C=O) groups excluding carboxylic acids is 4. The lowest BCUT2D eigenvalue weighted by Crippen LogP contribution is -2.57. The lowest BCUT2D eigenvalue weighted by Gasteiger charge is -2.44. The first-order valence-corrected chi connectivity index (χ1v) is 18.1. The van der Waals surface area contributed by atoms with Gasteiger partial charge in [0.2, 0.25) is 0 Å². The number of nitrogens with zero attached hydrogens (tertiary/aromatic N) is 4. The van der Waals surface area contributed by atoms with Crippen LogP contribution >= 0.6 is 0 Å². The molecular weight excluding hydrogens is 696 g/mol. The summed E-state index contributed by atoms with van der Waals surface area (Å²) in [5, 5.41) is 21.3. The summed E-state index contributed by atoms with van der Waals surface area (Å²) >= 11 is 0. The van der Waals surface area contributed by atoms with Gasteiger partial charge in [0.25, 0.3) is 0 Å². The van der Waals surface area contributed by atoms with Gasteiger partial charge in [-0.2, -0.15) is 0 Å². The zero-order valence-electron chi connectivity index (χ0n) is 31.4. The van der Waals surface area contributed by atoms with Crippen molar-refractivity contribution < 1.29 is 48.3 Å². The number of fused-ring (bicyclic) bond motifs is 4. The van der Waals surface area contributed by atoms with Gasteiger partial charge in [0.05, 0.1) is 58.6 Å². The van der Waals surface area contributed by atoms with Gasteiger partial charge in [-0.1, -0.05) is 0 Å². The third kappa shape index (κ3) is 6.24. The molecule has 0 saturated carbocycles. The monoisotopic (exact) mass is 740 g/mol. The number of aliphatic hydroxyl groups is 2. The number of carbonyl (C=O) groups is 4. The number of aliphatic imine (C=N–C) groups is 4. The van der Waals surface area contributed by atoms with Crippen molar-refractivity contribution in [1.29, 1.82) is 0 Å². The van der Waals surface area contributed by atoms with Gasteiger partial charge in [-0.25, -0.2) is 20.0 Å². The van der Waals surface area contributed by atoms with E-state index in [0.29, 0.717) is 39.8 Å². The van der Waals surface area contributed by atoms with Crippen molar-refractivity contribution >= 4 is 46.4 Å². The molecule has 0 aromatic rings. The van der Waals surface area contributed by atoms with Crippen LogP contribution < -0.4 is 0 Å². The highest BCUT2D eigenvalue weighted by Crippen LogP contribution is 2.48. The topological polar surface area (TPSA) is 195 Å². The quantitative estimate of drug-likeness (QED) is 0.404. The summed E-state index contributed by atoms with van der Waals surface area (Å²) in [6, 6.07) is 0. The smallest absolute Gasteiger partial charge is 0.302 e. The summed E-state index contributed by atoms with van der Waals surface area (Å²) in [4.78, 5) is 72.9. The lowest BCUT2D eigenvalue weighted by atomic mass is 9.72. The van der Waals surface area contributed by atoms with Crippen LogP contribution in [0.1, 0.15) is 68.2 Å². The Morgan fingerprint density at radius 3 is 1.70 bits per heavy atom. The highest BCUT2D eigenvalue weighted by atomic mass is 16.6. The molecular formula is C40H44N4O10. The fraction of sp³-hybridized carbons (Fsp3) is 0.500. The Balaban J connectivity index is 1.38. The summed E-state index contributed by atoms with van der Waals surface area (Å²) in [6.07, 6.45) is 3.21. The second-order valence-electron chi connectivity index (χ2n) is 15.3. The number of allylic oxidation sites excluding steroid dienone is 8. The van der Waals surface area contributed by atoms with Crippen molar-refractivity contribution in [3.63, 3.8) is 0 Å². The van der Waals surface area contributed by atoms with Gasteiger partial charge in [-0.3, -0.25) is 19.2 Å². The van der Waals surface area contributed by atoms with E-state index in [4.69, 9.17) is 38.9 Å². The lowest BCUT2D eigenvalue weighted by molar-refractivity contribution is -0.206. The first-order chi connectivity index (χ1) is 25.4. The van der Waals surface area contributed by atoms with Crippen molar-refractivity contribution in [1.82, 2.24) is 0 Å². The fourth-order valence-corrected chi connectivity index (χ4v) is 8.15. The molecule has 2 saturated heterocycles. The molecule has 10 atom stereocenters. The van der Waals surface area contributed by atoms with Crippen LogP contribution in [0.25, 0.3) is 0 Å². The summed E-state index contributed by atoms with van der Waals surface area (Å²) in [7, 11) is 0. The van der Waals surface area contributed by atoms with E-state index in [1.165, 1.54) is 13.8 Å². The van der Waals surface area contributed by atoms with Crippen LogP contribution in [-0.2, 0) is 38.1 Å². The summed E-state index contributed by atoms with van der Waals surface area (Å²) < 4.78 is 23.8. The van der Waals surface area contributed by atoms with Crippen LogP contribution in [0.15, 0.2) is 90.4 Å². The highest BCUT2D eigenvalue weighted by molar-refractivity contribution is 6.50. The van der Waals surface area contributed by atoms with Gasteiger partial charge in [0.1, 0.15) is 46.7 Å². The molecule has 2 fully saturated rings. The van der Waals surface area contributed by atoms with Gasteiger partial charge < -0.3 is 29.2 Å². The second-order valence-corrected chi connectivity index (χ2v) is 15.3. The maximum absolute atomic E-state index is 14.6. The molecule has 284 valence electrons. The third-order valence-corrected chi connectivity index (χ3v) is 11.3. The van der Waals surface area contributed by atoms with Crippen LogP contribution in [0.3, 0.4) is 0 Å². The summed E-state index contributed by atoms with van der Waals surface area (Å²) in [5.74, 6) is -1.92. The van der Waals surface area contributed by atoms with Gasteiger partial charge in [0, 0.05) is 26.7 Å². The van der Waals surface area contributed by atoms with Gasteiger partial charge in [-0.15, -0.1) is 0 Å². The zero-order valence-corrected chi connectivity index (χ0v) is 31.4. The summed E-state index contributed by atoms with van der Waals surface area (Å²) in [6.45, 7) is 13.0. The van der Waals surface area contributed by atoms with E-state index < -0.39 is 71.6 Å². The van der Waals surface area contributed by atoms with E-state index >= 15 is 0 Å². The molecule has 7 aliphatic heterocycles. The van der Waals surface area contributed by atoms with Crippen molar-refractivity contribution in [2.75, 3.05) is 0 Å². The molecule has 7 rings (SSSR count). The third-order valence-electron chi connectivity index (χ3n) is 11.3. The van der Waals surface area contributed by atoms with E-state index in [0.717, 1.165) is 5.57 Å². The number of aliphatic hydroxyl groups excluding tert-OH is 2. The van der Waals surface area contributed by atoms with Crippen molar-refractivity contribution in [2.24, 2.45) is 30.8 Å². The predicted molar refractivity (Wildman–Crippen MR) is 197 cm³/mol. The molecule has 0 aromatic heterocycles. The molecule has 7 aliphatic rings. The van der Waals surface area contributed by atoms with Gasteiger partial charge >= 0.3 is 11.9 Å². The number of hydrogen-bond acceptors (Lipinski definition) is 14. The first-order valence-electron chi connectivity index (χ1n) is 18.1. The Morgan fingerprint density at radius 1 is 0.685 bits per heavy atom. The van der Waals surface area contributed by atoms with Gasteiger partial charge in [0.15, 0.2) is 11.6 Å². The van der Waals surface area contributed by atoms with E-state index in [1.54, 1.807) is 64.2 Å². The average Bonchev–Trinajstić information content (AvgIpc) is 3.76. The maximum atomic E-state index is 14.6. The molecule has 14 nitrogen and oxygen atoms in total. The highest BCUT2D eigenvalue weighted by Gasteiger charge is 2.59. The van der Waals surface area contributed by atoms with E-state index in [1.807, 2.05) is 13.8 Å². The Labute approximate surface area is 312 Å². The number of Topliss-reactive ketones (excluding diaryl/α,β-unsaturated/α-hetero) is 2. The van der Waals surface area contributed by atoms with Crippen LogP contribution in [0.5, 0.6) is 0 Å². The Kier molecular flexibility index (Phi) is 9.40. The minimum absolute atomic E-state index is 0.0665. The number of ketones is 2. The fourth-order valence-electron chi connectivity index (χ4n) is 8.15. The normalized spacial score (nSPS) is 37.5. The Morgan fingerprint density at radius 2 is 1.19 bits per heavy atom. The molecule has 7 heterocycles. The predicted octanol–water partition coefficient (Wildman–Crippen LogP) is 3.34. The average molecular weight is 741 g/mol. The number of ether oxygens (including phenoxy) is 4. The molecule has 54 heavy (non-hydrogen) atoms. The largest absolute Gasteiger partial charge is 0.460 e. The van der Waals surface area contributed by atoms with Crippen LogP contribution in [0, 0.1) is 10.8 Å². The molecule has 0 spiro atoms. The summed E-state index contributed by atoms with van der Waals surface area (Å²) in [5.41, 5.74) is 1.14. The SMILES string of the molecule is CC(=O)O[C@H]1C[C@H](O)[C@H](C)O[C@@H]1[C@@]1(C)C(=O)C2=NC1=CC1=NC(=CC3=NC(=CC4=NC(=C2)C=C4C)[C@@](C)([C@@H]2O[C@H](C)[C@H](O)C[C@H]2OC(C)=O)C3=O)C(C)=C1. The Bertz CT molecular complexity index is 2080. The van der Waals surface area contributed by atoms with E-state index in [2.05, 4.69) is 0 Å². The number of hydrogen-bond donors (Lipinski definition) is 2. The van der Waals surface area contributed by atoms with Crippen molar-refractivity contribution in [3.05, 3.63) is 70.4 Å². The molecule has 0 amide bonds. The van der Waals surface area contributed by atoms with Crippen LogP contribution in [0.2, 0.25) is 0 Å². The zero-order chi connectivity index (χ0) is 39.0. The number of rotatable bonds is 4. The minimum atomic E-state index is -1.46. The molecule has 2 N–H and O–H groups in total. The van der Waals surface area contributed by atoms with E-state index in [9.17, 15) is 29.4 Å². The van der Waals surface area contributed by atoms with Crippen molar-refractivity contribution in [3.8, 4) is 0 Å². The molecule has 0 radical (unpaired) electrons. The standard InChI is InChI=1S/C40H44N4O10/c1-17-10-24-12-33-39(7,37-31(53-21(5)45)15-29(47)19(3)51-37)35(49)27(43-33)11-23-9-18(2)26(41-23)14-34-40(8,36(50)28(44-34)13-25(17)42-24)38-32(54-22(6)46)16-30(48)20(4)52-38/h9-14,19-20,29-32,37-38,47-48H,15-16H2,1-8H3/t19-,20+,29-,30+,31-,32+,37-,38+,39+,40+/m0/s1. The second kappa shape index (κ2) is 13.5. The number of esters is 2. The van der Waals surface area contributed by atoms with E-state index in [-0.39, 0.29) is 35.8 Å². The molecule has 0 aliphatic carbocycles. The molecule has 8 bridgehead atoms. The van der Waals surface area contributed by atoms with Crippen LogP contribution in [-0.4, -0.2) is 105 Å². The molecule has 14 heteroatoms. The van der Waals surface area contributed by atoms with Gasteiger partial charge in [-0.05, 0) is 89.1 Å². The maximum Gasteiger partial charge on any atom is 0.302 e. The molecule has 0 aromatic carbocycles. The minimum Gasteiger partial charge on any atom is -0.460 e. The Hall–Kier alpha value is -4.76. The van der Waals surface area contributed by atoms with Crippen LogP contribution in [0.4, 0.5) is 0 Å². The van der Waals surface area contributed by atoms with Crippen molar-refractivity contribution in [2.45, 2.75) is 117 Å². The molecule has 0 unspecified atom stereocenters. The first kappa shape index (κ1) is 37.6.